The maximum absolute atomic E-state index is 12.7. The minimum atomic E-state index is -0.679. The molecule has 0 saturated carbocycles. The van der Waals surface area contributed by atoms with Crippen molar-refractivity contribution in [2.75, 3.05) is 0 Å². The van der Waals surface area contributed by atoms with Gasteiger partial charge in [0.15, 0.2) is 0 Å². The molecule has 0 N–H and O–H groups in total. The Kier molecular flexibility index (Phi) is 5.24. The molecule has 0 saturated heterocycles. The zero-order chi connectivity index (χ0) is 23.1. The third-order valence-electron chi connectivity index (χ3n) is 4.97. The molecule has 0 spiro atoms. The third-order valence-corrected chi connectivity index (χ3v) is 5.44. The second-order valence-electron chi connectivity index (χ2n) is 7.17. The summed E-state index contributed by atoms with van der Waals surface area (Å²) < 4.78 is 16.1. The summed E-state index contributed by atoms with van der Waals surface area (Å²) in [4.78, 5) is 37.3. The Balaban J connectivity index is 1.60. The molecule has 0 aliphatic rings. The lowest BCUT2D eigenvalue weighted by atomic mass is 10.0. The SMILES string of the molecule is O=C(Oc1ccc2c(-c3cc4cc(Cl)ccc4oc3=O)cc(=O)oc2c1)c1cccc(Cl)c1. The fourth-order valence-corrected chi connectivity index (χ4v) is 3.86. The molecule has 0 fully saturated rings. The lowest BCUT2D eigenvalue weighted by Crippen LogP contribution is -2.09. The zero-order valence-electron chi connectivity index (χ0n) is 16.6. The fraction of sp³-hybridized carbons (Fsp3) is 0. The minimum absolute atomic E-state index is 0.138. The summed E-state index contributed by atoms with van der Waals surface area (Å²) >= 11 is 12.0. The summed E-state index contributed by atoms with van der Waals surface area (Å²) in [7, 11) is 0. The molecule has 8 heteroatoms. The molecule has 0 amide bonds. The van der Waals surface area contributed by atoms with E-state index in [-0.39, 0.29) is 22.5 Å². The number of rotatable bonds is 3. The summed E-state index contributed by atoms with van der Waals surface area (Å²) in [5.41, 5.74) is -0.0223. The van der Waals surface area contributed by atoms with Gasteiger partial charge in [0.05, 0.1) is 11.1 Å². The normalized spacial score (nSPS) is 11.1. The van der Waals surface area contributed by atoms with E-state index in [1.54, 1.807) is 48.5 Å². The molecule has 0 unspecified atom stereocenters. The number of fused-ring (bicyclic) bond motifs is 2. The second kappa shape index (κ2) is 8.24. The average Bonchev–Trinajstić information content (AvgIpc) is 2.78. The number of hydrogen-bond acceptors (Lipinski definition) is 6. The van der Waals surface area contributed by atoms with Gasteiger partial charge in [-0.15, -0.1) is 0 Å². The number of benzene rings is 3. The van der Waals surface area contributed by atoms with Gasteiger partial charge in [-0.3, -0.25) is 0 Å². The molecule has 0 atom stereocenters. The van der Waals surface area contributed by atoms with Crippen LogP contribution < -0.4 is 16.0 Å². The highest BCUT2D eigenvalue weighted by Gasteiger charge is 2.16. The fourth-order valence-electron chi connectivity index (χ4n) is 3.49. The summed E-state index contributed by atoms with van der Waals surface area (Å²) in [6.07, 6.45) is 0. The smallest absolute Gasteiger partial charge is 0.344 e. The van der Waals surface area contributed by atoms with Crippen molar-refractivity contribution in [3.8, 4) is 16.9 Å². The van der Waals surface area contributed by atoms with Crippen LogP contribution in [0.15, 0.2) is 91.2 Å². The van der Waals surface area contributed by atoms with Gasteiger partial charge in [0.1, 0.15) is 16.9 Å². The number of ether oxygens (including phenoxy) is 1. The Morgan fingerprint density at radius 3 is 2.39 bits per heavy atom. The lowest BCUT2D eigenvalue weighted by molar-refractivity contribution is 0.0735. The monoisotopic (exact) mass is 478 g/mol. The third kappa shape index (κ3) is 4.14. The van der Waals surface area contributed by atoms with Crippen molar-refractivity contribution < 1.29 is 18.4 Å². The van der Waals surface area contributed by atoms with E-state index in [1.165, 1.54) is 24.3 Å². The largest absolute Gasteiger partial charge is 0.423 e. The maximum Gasteiger partial charge on any atom is 0.344 e. The first-order chi connectivity index (χ1) is 15.9. The van der Waals surface area contributed by atoms with Crippen LogP contribution in [0, 0.1) is 0 Å². The highest BCUT2D eigenvalue weighted by molar-refractivity contribution is 6.31. The van der Waals surface area contributed by atoms with E-state index in [0.29, 0.717) is 32.0 Å². The van der Waals surface area contributed by atoms with E-state index in [0.717, 1.165) is 0 Å². The van der Waals surface area contributed by atoms with Crippen molar-refractivity contribution in [1.82, 2.24) is 0 Å². The molecule has 33 heavy (non-hydrogen) atoms. The quantitative estimate of drug-likeness (QED) is 0.177. The van der Waals surface area contributed by atoms with Crippen LogP contribution in [-0.2, 0) is 0 Å². The topological polar surface area (TPSA) is 86.7 Å². The first kappa shape index (κ1) is 21.0. The Morgan fingerprint density at radius 1 is 0.758 bits per heavy atom. The van der Waals surface area contributed by atoms with Gasteiger partial charge in [0, 0.05) is 38.5 Å². The summed E-state index contributed by atoms with van der Waals surface area (Å²) in [6, 6.07) is 18.5. The van der Waals surface area contributed by atoms with Crippen LogP contribution in [-0.4, -0.2) is 5.97 Å². The van der Waals surface area contributed by atoms with Gasteiger partial charge < -0.3 is 13.6 Å². The van der Waals surface area contributed by atoms with Gasteiger partial charge in [0.2, 0.25) is 0 Å². The number of halogens is 2. The Hall–Kier alpha value is -3.87. The van der Waals surface area contributed by atoms with Crippen molar-refractivity contribution in [2.45, 2.75) is 0 Å². The highest BCUT2D eigenvalue weighted by atomic mass is 35.5. The summed E-state index contributed by atoms with van der Waals surface area (Å²) in [6.45, 7) is 0. The van der Waals surface area contributed by atoms with Crippen LogP contribution in [0.3, 0.4) is 0 Å². The van der Waals surface area contributed by atoms with E-state index < -0.39 is 17.2 Å². The molecular formula is C25H12Cl2O6. The van der Waals surface area contributed by atoms with Crippen LogP contribution in [0.2, 0.25) is 10.0 Å². The highest BCUT2D eigenvalue weighted by Crippen LogP contribution is 2.30. The Bertz CT molecular complexity index is 1680. The molecule has 0 radical (unpaired) electrons. The van der Waals surface area contributed by atoms with Gasteiger partial charge in [-0.05, 0) is 54.6 Å². The number of esters is 1. The van der Waals surface area contributed by atoms with Gasteiger partial charge in [-0.1, -0.05) is 29.3 Å². The Morgan fingerprint density at radius 2 is 1.58 bits per heavy atom. The molecule has 2 heterocycles. The van der Waals surface area contributed by atoms with Crippen LogP contribution in [0.25, 0.3) is 33.1 Å². The van der Waals surface area contributed by atoms with Gasteiger partial charge in [0.25, 0.3) is 0 Å². The molecule has 0 aliphatic heterocycles. The van der Waals surface area contributed by atoms with E-state index >= 15 is 0 Å². The average molecular weight is 479 g/mol. The molecule has 0 bridgehead atoms. The van der Waals surface area contributed by atoms with Gasteiger partial charge in [-0.2, -0.15) is 0 Å². The van der Waals surface area contributed by atoms with Crippen LogP contribution >= 0.6 is 23.2 Å². The molecule has 5 rings (SSSR count). The van der Waals surface area contributed by atoms with Crippen molar-refractivity contribution in [3.05, 3.63) is 109 Å². The van der Waals surface area contributed by atoms with Crippen LogP contribution in [0.5, 0.6) is 5.75 Å². The standard InChI is InChI=1S/C25H12Cl2O6/c26-15-3-1-2-13(8-15)24(29)31-17-5-6-18-19(12-23(28)32-22(18)11-17)20-10-14-9-16(27)4-7-21(14)33-25(20)30/h1-12H. The maximum atomic E-state index is 12.7. The predicted molar refractivity (Wildman–Crippen MR) is 125 cm³/mol. The van der Waals surface area contributed by atoms with Crippen molar-refractivity contribution >= 4 is 51.1 Å². The van der Waals surface area contributed by atoms with E-state index in [4.69, 9.17) is 36.8 Å². The van der Waals surface area contributed by atoms with Crippen molar-refractivity contribution in [1.29, 1.82) is 0 Å². The predicted octanol–water partition coefficient (Wildman–Crippen LogP) is 6.09. The molecular weight excluding hydrogens is 467 g/mol. The van der Waals surface area contributed by atoms with Gasteiger partial charge in [-0.25, -0.2) is 14.4 Å². The number of carbonyl (C=O) groups is 1. The first-order valence-electron chi connectivity index (χ1n) is 9.67. The number of carbonyl (C=O) groups excluding carboxylic acids is 1. The molecule has 3 aromatic carbocycles. The van der Waals surface area contributed by atoms with Gasteiger partial charge >= 0.3 is 17.2 Å². The van der Waals surface area contributed by atoms with E-state index in [9.17, 15) is 14.4 Å². The van der Waals surface area contributed by atoms with Crippen LogP contribution in [0.1, 0.15) is 10.4 Å². The minimum Gasteiger partial charge on any atom is -0.423 e. The Labute approximate surface area is 195 Å². The van der Waals surface area contributed by atoms with Crippen molar-refractivity contribution in [2.24, 2.45) is 0 Å². The molecule has 2 aromatic heterocycles. The van der Waals surface area contributed by atoms with Crippen LogP contribution in [0.4, 0.5) is 0 Å². The van der Waals surface area contributed by atoms with E-state index in [1.807, 2.05) is 0 Å². The first-order valence-corrected chi connectivity index (χ1v) is 10.4. The molecule has 162 valence electrons. The number of hydrogen-bond donors (Lipinski definition) is 0. The summed E-state index contributed by atoms with van der Waals surface area (Å²) in [5.74, 6) is -0.465. The second-order valence-corrected chi connectivity index (χ2v) is 8.04. The molecule has 0 aliphatic carbocycles. The summed E-state index contributed by atoms with van der Waals surface area (Å²) in [5, 5.41) is 1.94. The van der Waals surface area contributed by atoms with E-state index in [2.05, 4.69) is 0 Å². The zero-order valence-corrected chi connectivity index (χ0v) is 18.1. The lowest BCUT2D eigenvalue weighted by Gasteiger charge is -2.08. The molecule has 5 aromatic rings. The molecule has 6 nitrogen and oxygen atoms in total. The van der Waals surface area contributed by atoms with Crippen molar-refractivity contribution in [3.63, 3.8) is 0 Å².